The Morgan fingerprint density at radius 2 is 1.73 bits per heavy atom. The van der Waals surface area contributed by atoms with E-state index in [0.29, 0.717) is 49.6 Å². The molecule has 11 heteroatoms. The van der Waals surface area contributed by atoms with Crippen molar-refractivity contribution < 1.29 is 22.7 Å². The number of ether oxygens (including phenoxy) is 2. The minimum atomic E-state index is -1.86. The second-order valence-corrected chi connectivity index (χ2v) is 19.9. The second kappa shape index (κ2) is 15.7. The number of nitrogens with one attached hydrogen (secondary N) is 1. The van der Waals surface area contributed by atoms with E-state index in [2.05, 4.69) is 57.2 Å². The average Bonchev–Trinajstić information content (AvgIpc) is 3.96. The topological polar surface area (TPSA) is 81.6 Å². The molecule has 6 rings (SSSR count). The first kappa shape index (κ1) is 37.4. The van der Waals surface area contributed by atoms with Crippen LogP contribution in [0.25, 0.3) is 5.57 Å². The maximum Gasteiger partial charge on any atom is 0.191 e. The standard InChI is InChI=1S/C41H51F2N5O3Si/c1-8-28-21-31(30-13-10-11-14-37(30)48(28)26-33-34(42)22-29(49-9-2)23-35(33)43)39-45-25-38(50-19-12-20-51-52(6,7)41(3,4)5)40(47-39)46-36-17-18-44-24-32(36)27-15-16-27/h10-11,13-14,17-18,21-25,27-28H,8-9,12,15-16,19-20,26H2,1-7H3,(H,44,45,46,47). The zero-order valence-electron chi connectivity index (χ0n) is 31.4. The first-order valence-electron chi connectivity index (χ1n) is 18.4. The molecule has 3 heterocycles. The number of anilines is 3. The summed E-state index contributed by atoms with van der Waals surface area (Å²) in [5.41, 5.74) is 4.68. The van der Waals surface area contributed by atoms with E-state index in [-0.39, 0.29) is 28.9 Å². The van der Waals surface area contributed by atoms with Gasteiger partial charge in [-0.3, -0.25) is 4.98 Å². The predicted octanol–water partition coefficient (Wildman–Crippen LogP) is 10.2. The zero-order chi connectivity index (χ0) is 37.0. The molecule has 1 aliphatic carbocycles. The molecule has 0 saturated heterocycles. The van der Waals surface area contributed by atoms with Gasteiger partial charge in [-0.15, -0.1) is 0 Å². The third kappa shape index (κ3) is 8.31. The molecule has 1 atom stereocenters. The van der Waals surface area contributed by atoms with Crippen molar-refractivity contribution in [2.75, 3.05) is 30.0 Å². The molecule has 0 radical (unpaired) electrons. The molecule has 8 nitrogen and oxygen atoms in total. The van der Waals surface area contributed by atoms with Gasteiger partial charge in [-0.25, -0.2) is 18.7 Å². The molecule has 0 amide bonds. The molecule has 0 spiro atoms. The van der Waals surface area contributed by atoms with Crippen LogP contribution in [0.15, 0.2) is 67.1 Å². The van der Waals surface area contributed by atoms with Crippen LogP contribution < -0.4 is 19.7 Å². The van der Waals surface area contributed by atoms with Crippen molar-refractivity contribution in [2.24, 2.45) is 0 Å². The SMILES string of the molecule is CCOc1cc(F)c(CN2c3ccccc3C(c3ncc(OCCCO[Si](C)(C)C(C)(C)C)c(Nc4ccncc4C4CC4)n3)=CC2CC)c(F)c1. The first-order valence-corrected chi connectivity index (χ1v) is 21.3. The van der Waals surface area contributed by atoms with Crippen molar-refractivity contribution in [2.45, 2.75) is 96.9 Å². The number of rotatable bonds is 15. The van der Waals surface area contributed by atoms with Crippen molar-refractivity contribution in [3.05, 3.63) is 101 Å². The summed E-state index contributed by atoms with van der Waals surface area (Å²) in [5, 5.41) is 3.71. The van der Waals surface area contributed by atoms with Crippen LogP contribution in [-0.4, -0.2) is 49.1 Å². The number of benzene rings is 2. The highest BCUT2D eigenvalue weighted by atomic mass is 28.4. The largest absolute Gasteiger partial charge is 0.494 e. The summed E-state index contributed by atoms with van der Waals surface area (Å²) in [6.45, 7) is 16.5. The molecule has 52 heavy (non-hydrogen) atoms. The van der Waals surface area contributed by atoms with Gasteiger partial charge in [0.05, 0.1) is 19.4 Å². The van der Waals surface area contributed by atoms with E-state index < -0.39 is 20.0 Å². The van der Waals surface area contributed by atoms with Crippen LogP contribution >= 0.6 is 0 Å². The van der Waals surface area contributed by atoms with E-state index >= 15 is 8.78 Å². The molecule has 1 fully saturated rings. The third-order valence-electron chi connectivity index (χ3n) is 10.4. The zero-order valence-corrected chi connectivity index (χ0v) is 32.4. The lowest BCUT2D eigenvalue weighted by Gasteiger charge is -2.37. The van der Waals surface area contributed by atoms with Gasteiger partial charge in [-0.05, 0) is 67.9 Å². The Hall–Kier alpha value is -4.35. The number of para-hydroxylation sites is 1. The van der Waals surface area contributed by atoms with Crippen molar-refractivity contribution in [1.82, 2.24) is 15.0 Å². The van der Waals surface area contributed by atoms with E-state index in [1.54, 1.807) is 19.3 Å². The molecule has 2 aromatic heterocycles. The third-order valence-corrected chi connectivity index (χ3v) is 14.9. The number of pyridine rings is 1. The highest BCUT2D eigenvalue weighted by molar-refractivity contribution is 6.74. The summed E-state index contributed by atoms with van der Waals surface area (Å²) in [7, 11) is -1.86. The van der Waals surface area contributed by atoms with Gasteiger partial charge in [0.2, 0.25) is 0 Å². The summed E-state index contributed by atoms with van der Waals surface area (Å²) < 4.78 is 48.7. The van der Waals surface area contributed by atoms with Gasteiger partial charge in [-0.2, -0.15) is 0 Å². The molecule has 2 aromatic carbocycles. The van der Waals surface area contributed by atoms with Crippen LogP contribution in [0.3, 0.4) is 0 Å². The summed E-state index contributed by atoms with van der Waals surface area (Å²) in [6.07, 6.45) is 11.3. The van der Waals surface area contributed by atoms with Crippen LogP contribution in [0.4, 0.5) is 26.0 Å². The van der Waals surface area contributed by atoms with Crippen LogP contribution in [0.2, 0.25) is 18.1 Å². The Kier molecular flexibility index (Phi) is 11.3. The van der Waals surface area contributed by atoms with Crippen molar-refractivity contribution in [3.8, 4) is 11.5 Å². The van der Waals surface area contributed by atoms with Crippen LogP contribution in [0.1, 0.15) is 88.7 Å². The predicted molar refractivity (Wildman–Crippen MR) is 206 cm³/mol. The number of hydrogen-bond donors (Lipinski definition) is 1. The maximum absolute atomic E-state index is 15.3. The smallest absolute Gasteiger partial charge is 0.191 e. The Morgan fingerprint density at radius 1 is 0.981 bits per heavy atom. The van der Waals surface area contributed by atoms with E-state index in [1.165, 1.54) is 12.1 Å². The molecule has 0 bridgehead atoms. The first-order chi connectivity index (χ1) is 24.9. The Morgan fingerprint density at radius 3 is 2.42 bits per heavy atom. The van der Waals surface area contributed by atoms with Gasteiger partial charge in [0.15, 0.2) is 25.7 Å². The van der Waals surface area contributed by atoms with E-state index in [0.717, 1.165) is 47.3 Å². The Balaban J connectivity index is 1.31. The Bertz CT molecular complexity index is 1890. The van der Waals surface area contributed by atoms with Crippen molar-refractivity contribution in [1.29, 1.82) is 0 Å². The molecular weight excluding hydrogens is 677 g/mol. The summed E-state index contributed by atoms with van der Waals surface area (Å²) in [6, 6.07) is 12.2. The maximum atomic E-state index is 15.3. The number of hydrogen-bond acceptors (Lipinski definition) is 8. The lowest BCUT2D eigenvalue weighted by molar-refractivity contribution is 0.233. The fourth-order valence-corrected chi connectivity index (χ4v) is 7.33. The highest BCUT2D eigenvalue weighted by Gasteiger charge is 2.37. The fraction of sp³-hybridized carbons (Fsp3) is 0.439. The second-order valence-electron chi connectivity index (χ2n) is 15.1. The minimum absolute atomic E-state index is 0.00340. The minimum Gasteiger partial charge on any atom is -0.494 e. The van der Waals surface area contributed by atoms with Gasteiger partial charge in [0.1, 0.15) is 17.4 Å². The average molecular weight is 728 g/mol. The van der Waals surface area contributed by atoms with E-state index in [1.807, 2.05) is 41.4 Å². The molecule has 4 aromatic rings. The van der Waals surface area contributed by atoms with Crippen molar-refractivity contribution >= 4 is 31.1 Å². The van der Waals surface area contributed by atoms with E-state index in [9.17, 15) is 0 Å². The van der Waals surface area contributed by atoms with Gasteiger partial charge in [0, 0.05) is 78.2 Å². The molecular formula is C41H51F2N5O3Si. The summed E-state index contributed by atoms with van der Waals surface area (Å²) >= 11 is 0. The molecule has 1 saturated carbocycles. The molecule has 1 unspecified atom stereocenters. The molecule has 276 valence electrons. The summed E-state index contributed by atoms with van der Waals surface area (Å²) in [4.78, 5) is 16.4. The van der Waals surface area contributed by atoms with E-state index in [4.69, 9.17) is 23.9 Å². The molecule has 1 aliphatic heterocycles. The summed E-state index contributed by atoms with van der Waals surface area (Å²) in [5.74, 6) is 1.04. The monoisotopic (exact) mass is 727 g/mol. The highest BCUT2D eigenvalue weighted by Crippen LogP contribution is 2.45. The molecule has 2 aliphatic rings. The van der Waals surface area contributed by atoms with Crippen molar-refractivity contribution in [3.63, 3.8) is 0 Å². The van der Waals surface area contributed by atoms with Gasteiger partial charge < -0.3 is 24.1 Å². The van der Waals surface area contributed by atoms with Gasteiger partial charge >= 0.3 is 0 Å². The number of aromatic nitrogens is 3. The van der Waals surface area contributed by atoms with Crippen LogP contribution in [0, 0.1) is 11.6 Å². The quantitative estimate of drug-likeness (QED) is 0.0958. The Labute approximate surface area is 307 Å². The van der Waals surface area contributed by atoms with Gasteiger partial charge in [0.25, 0.3) is 0 Å². The van der Waals surface area contributed by atoms with Crippen LogP contribution in [0.5, 0.6) is 11.5 Å². The number of halogens is 2. The van der Waals surface area contributed by atoms with Crippen LogP contribution in [-0.2, 0) is 11.0 Å². The normalized spacial score (nSPS) is 16.0. The number of fused-ring (bicyclic) bond motifs is 1. The number of nitrogens with zero attached hydrogens (tertiary/aromatic N) is 4. The lowest BCUT2D eigenvalue weighted by atomic mass is 9.92. The fourth-order valence-electron chi connectivity index (χ4n) is 6.24. The lowest BCUT2D eigenvalue weighted by Crippen LogP contribution is -2.41. The molecule has 1 N–H and O–H groups in total. The van der Waals surface area contributed by atoms with Gasteiger partial charge in [-0.1, -0.05) is 52.0 Å².